The second-order valence-electron chi connectivity index (χ2n) is 8.17. The van der Waals surface area contributed by atoms with Crippen molar-refractivity contribution in [3.8, 4) is 11.5 Å². The van der Waals surface area contributed by atoms with Gasteiger partial charge in [0, 0.05) is 5.56 Å². The molecule has 0 radical (unpaired) electrons. The largest absolute Gasteiger partial charge is 0.496 e. The van der Waals surface area contributed by atoms with Crippen molar-refractivity contribution in [2.24, 2.45) is 0 Å². The quantitative estimate of drug-likeness (QED) is 0.679. The second kappa shape index (κ2) is 7.98. The number of rotatable bonds is 6. The number of aliphatic hydroxyl groups is 1. The summed E-state index contributed by atoms with van der Waals surface area (Å²) in [5.74, 6) is 0.151. The standard InChI is InChI=1S/C22H25F4NO3/c1-20(2,16-12-15(23)8-9-18(16)29-3)13-21(28,22(24,25)26)14-27-10-11-30-19-7-5-4-6-17(19)27/h4-9,12,28H,10-11,13-14H2,1-3H3. The minimum Gasteiger partial charge on any atom is -0.496 e. The minimum absolute atomic E-state index is 0.207. The van der Waals surface area contributed by atoms with Gasteiger partial charge in [-0.15, -0.1) is 0 Å². The van der Waals surface area contributed by atoms with E-state index in [9.17, 15) is 22.7 Å². The molecule has 2 aromatic carbocycles. The highest BCUT2D eigenvalue weighted by Crippen LogP contribution is 2.45. The molecule has 0 spiro atoms. The molecule has 1 atom stereocenters. The molecule has 4 nitrogen and oxygen atoms in total. The van der Waals surface area contributed by atoms with Crippen LogP contribution >= 0.6 is 0 Å². The molecule has 0 aromatic heterocycles. The molecule has 1 aliphatic rings. The molecule has 1 unspecified atom stereocenters. The van der Waals surface area contributed by atoms with Gasteiger partial charge < -0.3 is 19.5 Å². The van der Waals surface area contributed by atoms with E-state index >= 15 is 0 Å². The van der Waals surface area contributed by atoms with Gasteiger partial charge in [0.05, 0.1) is 25.9 Å². The molecule has 0 saturated carbocycles. The van der Waals surface area contributed by atoms with Crippen molar-refractivity contribution >= 4 is 5.69 Å². The van der Waals surface area contributed by atoms with Gasteiger partial charge in [-0.05, 0) is 42.2 Å². The molecular formula is C22H25F4NO3. The summed E-state index contributed by atoms with van der Waals surface area (Å²) in [5.41, 5.74) is -3.52. The molecule has 0 fully saturated rings. The Hall–Kier alpha value is -2.48. The summed E-state index contributed by atoms with van der Waals surface area (Å²) in [4.78, 5) is 1.48. The minimum atomic E-state index is -4.90. The highest BCUT2D eigenvalue weighted by atomic mass is 19.4. The molecule has 1 heterocycles. The van der Waals surface area contributed by atoms with E-state index in [1.807, 2.05) is 0 Å². The molecule has 0 saturated heterocycles. The van der Waals surface area contributed by atoms with Crippen molar-refractivity contribution in [2.45, 2.75) is 37.5 Å². The molecule has 2 aromatic rings. The predicted octanol–water partition coefficient (Wildman–Crippen LogP) is 4.69. The fraction of sp³-hybridized carbons (Fsp3) is 0.455. The van der Waals surface area contributed by atoms with Gasteiger partial charge in [0.25, 0.3) is 0 Å². The third kappa shape index (κ3) is 4.33. The van der Waals surface area contributed by atoms with Crippen LogP contribution < -0.4 is 14.4 Å². The van der Waals surface area contributed by atoms with E-state index in [1.54, 1.807) is 24.3 Å². The molecule has 1 aliphatic heterocycles. The Labute approximate surface area is 173 Å². The summed E-state index contributed by atoms with van der Waals surface area (Å²) in [6.45, 7) is 2.83. The summed E-state index contributed by atoms with van der Waals surface area (Å²) < 4.78 is 67.0. The van der Waals surface area contributed by atoms with Crippen molar-refractivity contribution < 1.29 is 32.1 Å². The first-order valence-electron chi connectivity index (χ1n) is 9.57. The van der Waals surface area contributed by atoms with Crippen molar-refractivity contribution in [1.82, 2.24) is 0 Å². The Bertz CT molecular complexity index is 900. The third-order valence-electron chi connectivity index (χ3n) is 5.43. The first-order valence-corrected chi connectivity index (χ1v) is 9.57. The number of hydrogen-bond donors (Lipinski definition) is 1. The third-order valence-corrected chi connectivity index (χ3v) is 5.43. The van der Waals surface area contributed by atoms with Gasteiger partial charge in [-0.3, -0.25) is 0 Å². The lowest BCUT2D eigenvalue weighted by Crippen LogP contribution is -2.57. The number of alkyl halides is 3. The molecule has 30 heavy (non-hydrogen) atoms. The lowest BCUT2D eigenvalue weighted by molar-refractivity contribution is -0.262. The highest BCUT2D eigenvalue weighted by molar-refractivity contribution is 5.60. The van der Waals surface area contributed by atoms with E-state index in [2.05, 4.69) is 0 Å². The van der Waals surface area contributed by atoms with Crippen LogP contribution in [0.5, 0.6) is 11.5 Å². The first-order chi connectivity index (χ1) is 14.0. The normalized spacial score (nSPS) is 16.5. The Morgan fingerprint density at radius 3 is 2.50 bits per heavy atom. The molecule has 0 bridgehead atoms. The van der Waals surface area contributed by atoms with E-state index in [4.69, 9.17) is 9.47 Å². The monoisotopic (exact) mass is 427 g/mol. The van der Waals surface area contributed by atoms with Crippen LogP contribution in [0.1, 0.15) is 25.8 Å². The fourth-order valence-electron chi connectivity index (χ4n) is 3.99. The lowest BCUT2D eigenvalue weighted by Gasteiger charge is -2.42. The summed E-state index contributed by atoms with van der Waals surface area (Å²) in [5, 5.41) is 10.9. The summed E-state index contributed by atoms with van der Waals surface area (Å²) in [6, 6.07) is 10.5. The van der Waals surface area contributed by atoms with E-state index in [0.29, 0.717) is 11.4 Å². The van der Waals surface area contributed by atoms with Crippen LogP contribution in [0.2, 0.25) is 0 Å². The summed E-state index contributed by atoms with van der Waals surface area (Å²) in [7, 11) is 1.37. The number of ether oxygens (including phenoxy) is 2. The van der Waals surface area contributed by atoms with Crippen LogP contribution in [-0.2, 0) is 5.41 Å². The SMILES string of the molecule is COc1ccc(F)cc1C(C)(C)CC(O)(CN1CCOc2ccccc21)C(F)(F)F. The number of β-amino-alcohol motifs (C(OH)–C–C–N with tert-alkyl or cyclic N) is 1. The molecule has 1 N–H and O–H groups in total. The number of fused-ring (bicyclic) bond motifs is 1. The van der Waals surface area contributed by atoms with Crippen LogP contribution in [0.4, 0.5) is 23.2 Å². The number of halogens is 4. The second-order valence-corrected chi connectivity index (χ2v) is 8.17. The molecule has 3 rings (SSSR count). The first kappa shape index (κ1) is 22.2. The topological polar surface area (TPSA) is 41.9 Å². The number of anilines is 1. The van der Waals surface area contributed by atoms with Gasteiger partial charge in [0.2, 0.25) is 0 Å². The van der Waals surface area contributed by atoms with Crippen LogP contribution in [-0.4, -0.2) is 43.7 Å². The zero-order chi connectivity index (χ0) is 22.2. The van der Waals surface area contributed by atoms with Crippen molar-refractivity contribution in [3.63, 3.8) is 0 Å². The van der Waals surface area contributed by atoms with Gasteiger partial charge in [-0.2, -0.15) is 13.2 Å². The van der Waals surface area contributed by atoms with Crippen LogP contribution in [0.25, 0.3) is 0 Å². The van der Waals surface area contributed by atoms with E-state index in [0.717, 1.165) is 6.07 Å². The van der Waals surface area contributed by atoms with Gasteiger partial charge >= 0.3 is 6.18 Å². The zero-order valence-corrected chi connectivity index (χ0v) is 17.1. The molecule has 0 aliphatic carbocycles. The Morgan fingerprint density at radius 2 is 1.83 bits per heavy atom. The summed E-state index contributed by atoms with van der Waals surface area (Å²) >= 11 is 0. The Morgan fingerprint density at radius 1 is 1.13 bits per heavy atom. The van der Waals surface area contributed by atoms with Crippen LogP contribution in [0.3, 0.4) is 0 Å². The van der Waals surface area contributed by atoms with Crippen molar-refractivity contribution in [2.75, 3.05) is 31.7 Å². The fourth-order valence-corrected chi connectivity index (χ4v) is 3.99. The van der Waals surface area contributed by atoms with Gasteiger partial charge in [-0.1, -0.05) is 26.0 Å². The zero-order valence-electron chi connectivity index (χ0n) is 17.1. The van der Waals surface area contributed by atoms with Crippen LogP contribution in [0.15, 0.2) is 42.5 Å². The van der Waals surface area contributed by atoms with E-state index < -0.39 is 36.0 Å². The van der Waals surface area contributed by atoms with Gasteiger partial charge in [0.15, 0.2) is 5.60 Å². The van der Waals surface area contributed by atoms with Crippen molar-refractivity contribution in [3.05, 3.63) is 53.8 Å². The van der Waals surface area contributed by atoms with Crippen LogP contribution in [0, 0.1) is 5.82 Å². The number of benzene rings is 2. The molecular weight excluding hydrogens is 402 g/mol. The van der Waals surface area contributed by atoms with E-state index in [-0.39, 0.29) is 24.5 Å². The Kier molecular flexibility index (Phi) is 5.91. The van der Waals surface area contributed by atoms with Gasteiger partial charge in [0.1, 0.15) is 23.9 Å². The van der Waals surface area contributed by atoms with Crippen molar-refractivity contribution in [1.29, 1.82) is 0 Å². The van der Waals surface area contributed by atoms with E-state index in [1.165, 1.54) is 38.0 Å². The number of methoxy groups -OCH3 is 1. The lowest BCUT2D eigenvalue weighted by atomic mass is 9.74. The maximum absolute atomic E-state index is 14.1. The molecule has 0 amide bonds. The Balaban J connectivity index is 1.96. The number of nitrogens with zero attached hydrogens (tertiary/aromatic N) is 1. The molecule has 164 valence electrons. The number of hydrogen-bond acceptors (Lipinski definition) is 4. The highest BCUT2D eigenvalue weighted by Gasteiger charge is 2.57. The maximum Gasteiger partial charge on any atom is 0.418 e. The smallest absolute Gasteiger partial charge is 0.418 e. The average molecular weight is 427 g/mol. The maximum atomic E-state index is 14.1. The summed E-state index contributed by atoms with van der Waals surface area (Å²) in [6.07, 6.45) is -5.58. The predicted molar refractivity (Wildman–Crippen MR) is 106 cm³/mol. The average Bonchev–Trinajstić information content (AvgIpc) is 2.67. The van der Waals surface area contributed by atoms with Gasteiger partial charge in [-0.25, -0.2) is 4.39 Å². The number of para-hydroxylation sites is 2. The molecule has 8 heteroatoms.